The van der Waals surface area contributed by atoms with Gasteiger partial charge in [-0.1, -0.05) is 33.8 Å². The minimum atomic E-state index is 0.349. The highest BCUT2D eigenvalue weighted by Crippen LogP contribution is 2.72. The van der Waals surface area contributed by atoms with Crippen LogP contribution >= 0.6 is 0 Å². The summed E-state index contributed by atoms with van der Waals surface area (Å²) in [5.41, 5.74) is 1.77. The van der Waals surface area contributed by atoms with Crippen LogP contribution in [0.15, 0.2) is 12.2 Å². The Hall–Kier alpha value is -0.590. The molecule has 1 heteroatoms. The number of Topliss-reactive ketones (excluding diaryl/α,β-unsaturated/α-hetero) is 1. The van der Waals surface area contributed by atoms with E-state index in [1.54, 1.807) is 0 Å². The first-order valence-corrected chi connectivity index (χ1v) is 6.60. The Labute approximate surface area is 98.3 Å². The molecule has 0 N–H and O–H groups in total. The molecule has 0 radical (unpaired) electrons. The van der Waals surface area contributed by atoms with Gasteiger partial charge in [0.15, 0.2) is 5.78 Å². The Morgan fingerprint density at radius 3 is 2.56 bits per heavy atom. The zero-order chi connectivity index (χ0) is 11.7. The number of ketones is 1. The summed E-state index contributed by atoms with van der Waals surface area (Å²) in [6, 6.07) is 0. The van der Waals surface area contributed by atoms with Crippen molar-refractivity contribution in [1.82, 2.24) is 0 Å². The third-order valence-electron chi connectivity index (χ3n) is 5.93. The Morgan fingerprint density at radius 1 is 1.25 bits per heavy atom. The molecule has 4 atom stereocenters. The maximum Gasteiger partial charge on any atom is 0.158 e. The summed E-state index contributed by atoms with van der Waals surface area (Å²) in [4.78, 5) is 11.8. The van der Waals surface area contributed by atoms with Gasteiger partial charge < -0.3 is 0 Å². The number of rotatable bonds is 0. The van der Waals surface area contributed by atoms with E-state index < -0.39 is 0 Å². The van der Waals surface area contributed by atoms with Gasteiger partial charge in [0.25, 0.3) is 0 Å². The van der Waals surface area contributed by atoms with E-state index in [0.717, 1.165) is 17.9 Å². The molecule has 88 valence electrons. The molecule has 4 unspecified atom stereocenters. The second-order valence-electron chi connectivity index (χ2n) is 7.11. The summed E-state index contributed by atoms with van der Waals surface area (Å²) < 4.78 is 0. The number of carbonyl (C=O) groups is 1. The molecule has 4 bridgehead atoms. The fourth-order valence-corrected chi connectivity index (χ4v) is 5.07. The van der Waals surface area contributed by atoms with Gasteiger partial charge in [0.1, 0.15) is 0 Å². The number of fused-ring (bicyclic) bond motifs is 2. The fraction of sp³-hybridized carbons (Fsp3) is 0.800. The largest absolute Gasteiger partial charge is 0.295 e. The highest BCUT2D eigenvalue weighted by molar-refractivity contribution is 5.98. The molecule has 16 heavy (non-hydrogen) atoms. The van der Waals surface area contributed by atoms with Gasteiger partial charge in [-0.3, -0.25) is 4.79 Å². The van der Waals surface area contributed by atoms with Gasteiger partial charge in [-0.15, -0.1) is 0 Å². The third-order valence-corrected chi connectivity index (χ3v) is 5.93. The van der Waals surface area contributed by atoms with Crippen molar-refractivity contribution in [3.63, 3.8) is 0 Å². The van der Waals surface area contributed by atoms with Crippen LogP contribution < -0.4 is 0 Å². The molecular formula is C15H22O. The van der Waals surface area contributed by atoms with Crippen molar-refractivity contribution in [3.8, 4) is 0 Å². The Bertz CT molecular complexity index is 379. The number of hydrogen-bond acceptors (Lipinski definition) is 1. The lowest BCUT2D eigenvalue weighted by Gasteiger charge is -2.66. The molecule has 0 heterocycles. The minimum Gasteiger partial charge on any atom is -0.295 e. The Kier molecular flexibility index (Phi) is 1.85. The van der Waals surface area contributed by atoms with Crippen LogP contribution in [0.3, 0.4) is 0 Å². The lowest BCUT2D eigenvalue weighted by Crippen LogP contribution is -2.63. The van der Waals surface area contributed by atoms with Crippen molar-refractivity contribution in [2.24, 2.45) is 28.6 Å². The van der Waals surface area contributed by atoms with E-state index in [9.17, 15) is 4.79 Å². The number of hydrogen-bond donors (Lipinski definition) is 0. The topological polar surface area (TPSA) is 17.1 Å². The van der Waals surface area contributed by atoms with Gasteiger partial charge in [-0.05, 0) is 47.0 Å². The third kappa shape index (κ3) is 1.00. The van der Waals surface area contributed by atoms with Crippen LogP contribution in [-0.4, -0.2) is 5.78 Å². The first kappa shape index (κ1) is 10.6. The minimum absolute atomic E-state index is 0.349. The molecule has 0 aromatic heterocycles. The predicted molar refractivity (Wildman–Crippen MR) is 65.0 cm³/mol. The quantitative estimate of drug-likeness (QED) is 0.568. The summed E-state index contributed by atoms with van der Waals surface area (Å²) >= 11 is 0. The molecule has 0 aliphatic heterocycles. The molecule has 0 amide bonds. The molecule has 4 rings (SSSR count). The summed E-state index contributed by atoms with van der Waals surface area (Å²) in [6.07, 6.45) is 4.73. The summed E-state index contributed by atoms with van der Waals surface area (Å²) in [5, 5.41) is 0. The van der Waals surface area contributed by atoms with Crippen molar-refractivity contribution in [2.45, 2.75) is 46.5 Å². The lowest BCUT2D eigenvalue weighted by molar-refractivity contribution is -0.166. The van der Waals surface area contributed by atoms with Crippen molar-refractivity contribution < 1.29 is 4.79 Å². The van der Waals surface area contributed by atoms with Gasteiger partial charge >= 0.3 is 0 Å². The lowest BCUT2D eigenvalue weighted by atomic mass is 9.37. The van der Waals surface area contributed by atoms with Gasteiger partial charge in [0.2, 0.25) is 0 Å². The normalized spacial score (nSPS) is 49.6. The Balaban J connectivity index is 2.06. The molecule has 0 aromatic carbocycles. The van der Waals surface area contributed by atoms with Gasteiger partial charge in [-0.2, -0.15) is 0 Å². The van der Waals surface area contributed by atoms with E-state index in [-0.39, 0.29) is 0 Å². The van der Waals surface area contributed by atoms with Gasteiger partial charge in [0, 0.05) is 6.42 Å². The number of allylic oxidation sites excluding steroid dienone is 1. The first-order valence-electron chi connectivity index (χ1n) is 6.60. The molecule has 0 saturated heterocycles. The molecule has 1 nitrogen and oxygen atoms in total. The molecular weight excluding hydrogens is 196 g/mol. The zero-order valence-electron chi connectivity index (χ0n) is 10.7. The molecule has 4 fully saturated rings. The maximum atomic E-state index is 11.8. The van der Waals surface area contributed by atoms with Crippen LogP contribution in [0.2, 0.25) is 0 Å². The maximum absolute atomic E-state index is 11.8. The van der Waals surface area contributed by atoms with E-state index in [0.29, 0.717) is 28.4 Å². The highest BCUT2D eigenvalue weighted by atomic mass is 16.1. The predicted octanol–water partition coefficient (Wildman–Crippen LogP) is 3.59. The summed E-state index contributed by atoms with van der Waals surface area (Å²) in [5.74, 6) is 2.22. The Morgan fingerprint density at radius 2 is 1.94 bits per heavy atom. The molecule has 4 saturated carbocycles. The molecule has 4 aliphatic carbocycles. The van der Waals surface area contributed by atoms with Crippen molar-refractivity contribution >= 4 is 5.78 Å². The van der Waals surface area contributed by atoms with Crippen LogP contribution in [0.25, 0.3) is 0 Å². The van der Waals surface area contributed by atoms with E-state index in [2.05, 4.69) is 27.4 Å². The second kappa shape index (κ2) is 2.80. The highest BCUT2D eigenvalue weighted by Gasteiger charge is 2.67. The summed E-state index contributed by atoms with van der Waals surface area (Å²) in [6.45, 7) is 11.3. The van der Waals surface area contributed by atoms with Crippen molar-refractivity contribution in [3.05, 3.63) is 12.2 Å². The smallest absolute Gasteiger partial charge is 0.158 e. The van der Waals surface area contributed by atoms with Gasteiger partial charge in [-0.25, -0.2) is 0 Å². The van der Waals surface area contributed by atoms with Gasteiger partial charge in [0.05, 0.1) is 0 Å². The van der Waals surface area contributed by atoms with E-state index >= 15 is 0 Å². The van der Waals surface area contributed by atoms with Crippen molar-refractivity contribution in [2.75, 3.05) is 0 Å². The monoisotopic (exact) mass is 218 g/mol. The van der Waals surface area contributed by atoms with Crippen LogP contribution in [0.4, 0.5) is 0 Å². The summed E-state index contributed by atoms with van der Waals surface area (Å²) in [7, 11) is 0. The van der Waals surface area contributed by atoms with Crippen molar-refractivity contribution in [1.29, 1.82) is 0 Å². The SMILES string of the molecule is C=C1C(=O)CC2C3C1C2(C)CCCC3(C)C. The first-order chi connectivity index (χ1) is 7.38. The standard InChI is InChI=1S/C15H22O/c1-9-11(16)8-10-13-12(9)15(10,4)7-5-6-14(13,2)3/h10,12-13H,1,5-8H2,2-4H3. The van der Waals surface area contributed by atoms with E-state index in [1.807, 2.05) is 0 Å². The van der Waals surface area contributed by atoms with Crippen LogP contribution in [0.5, 0.6) is 0 Å². The van der Waals surface area contributed by atoms with Crippen LogP contribution in [0, 0.1) is 28.6 Å². The van der Waals surface area contributed by atoms with Crippen LogP contribution in [0.1, 0.15) is 46.5 Å². The number of carbonyl (C=O) groups excluding carboxylic acids is 1. The van der Waals surface area contributed by atoms with E-state index in [1.165, 1.54) is 19.3 Å². The molecule has 0 spiro atoms. The van der Waals surface area contributed by atoms with Crippen LogP contribution in [-0.2, 0) is 4.79 Å². The fourth-order valence-electron chi connectivity index (χ4n) is 5.07. The average Bonchev–Trinajstić information content (AvgIpc) is 2.34. The van der Waals surface area contributed by atoms with E-state index in [4.69, 9.17) is 0 Å². The molecule has 4 aliphatic rings. The second-order valence-corrected chi connectivity index (χ2v) is 7.11. The zero-order valence-corrected chi connectivity index (χ0v) is 10.7. The average molecular weight is 218 g/mol. The molecule has 0 aromatic rings.